The monoisotopic (exact) mass is 240 g/mol. The van der Waals surface area contributed by atoms with Crippen LogP contribution in [0.15, 0.2) is 18.3 Å². The van der Waals surface area contributed by atoms with E-state index in [4.69, 9.17) is 15.2 Å². The van der Waals surface area contributed by atoms with E-state index in [-0.39, 0.29) is 0 Å². The van der Waals surface area contributed by atoms with Gasteiger partial charge in [-0.25, -0.2) is 4.98 Å². The molecule has 0 aliphatic rings. The molecule has 1 rings (SSSR count). The molecule has 1 aromatic rings. The third-order valence-corrected chi connectivity index (χ3v) is 2.33. The highest BCUT2D eigenvalue weighted by atomic mass is 16.7. The van der Waals surface area contributed by atoms with Gasteiger partial charge in [-0.2, -0.15) is 0 Å². The fraction of sp³-hybridized carbons (Fsp3) is 0.583. The van der Waals surface area contributed by atoms with Crippen LogP contribution in [0.2, 0.25) is 0 Å². The molecule has 0 saturated heterocycles. The van der Waals surface area contributed by atoms with Gasteiger partial charge >= 0.3 is 0 Å². The molecule has 0 aliphatic carbocycles. The van der Waals surface area contributed by atoms with E-state index >= 15 is 0 Å². The predicted octanol–water partition coefficient (Wildman–Crippen LogP) is 0.966. The number of aliphatic hydroxyl groups excluding tert-OH is 1. The minimum atomic E-state index is -0.749. The molecule has 0 bridgehead atoms. The Morgan fingerprint density at radius 1 is 1.35 bits per heavy atom. The predicted molar refractivity (Wildman–Crippen MR) is 65.4 cm³/mol. The van der Waals surface area contributed by atoms with Crippen molar-refractivity contribution in [2.45, 2.75) is 32.7 Å². The van der Waals surface area contributed by atoms with Crippen molar-refractivity contribution in [2.75, 3.05) is 18.9 Å². The SMILES string of the molecule is CCOC(OCC)C(O)Cc1cccnc1N. The molecule has 0 radical (unpaired) electrons. The van der Waals surface area contributed by atoms with Crippen molar-refractivity contribution in [2.24, 2.45) is 0 Å². The first-order valence-electron chi connectivity index (χ1n) is 5.79. The lowest BCUT2D eigenvalue weighted by Crippen LogP contribution is -2.33. The lowest BCUT2D eigenvalue weighted by Gasteiger charge is -2.22. The number of aromatic nitrogens is 1. The second-order valence-corrected chi connectivity index (χ2v) is 3.60. The molecule has 1 atom stereocenters. The Labute approximate surface area is 102 Å². The van der Waals surface area contributed by atoms with Crippen LogP contribution in [0.3, 0.4) is 0 Å². The zero-order valence-electron chi connectivity index (χ0n) is 10.3. The molecule has 1 heterocycles. The summed E-state index contributed by atoms with van der Waals surface area (Å²) in [5.41, 5.74) is 6.51. The number of rotatable bonds is 7. The van der Waals surface area contributed by atoms with Crippen LogP contribution in [0.25, 0.3) is 0 Å². The second kappa shape index (κ2) is 7.21. The maximum atomic E-state index is 10.0. The third kappa shape index (κ3) is 4.30. The molecule has 5 nitrogen and oxygen atoms in total. The van der Waals surface area contributed by atoms with Gasteiger partial charge in [-0.1, -0.05) is 6.07 Å². The summed E-state index contributed by atoms with van der Waals surface area (Å²) in [6, 6.07) is 3.62. The Hall–Kier alpha value is -1.17. The molecule has 3 N–H and O–H groups in total. The van der Waals surface area contributed by atoms with Crippen LogP contribution in [0, 0.1) is 0 Å². The van der Waals surface area contributed by atoms with Crippen LogP contribution in [0.4, 0.5) is 5.82 Å². The minimum absolute atomic E-state index is 0.365. The number of aliphatic hydroxyl groups is 1. The van der Waals surface area contributed by atoms with E-state index in [0.717, 1.165) is 5.56 Å². The molecule has 0 fully saturated rings. The summed E-state index contributed by atoms with van der Waals surface area (Å²) in [7, 11) is 0. The highest BCUT2D eigenvalue weighted by Gasteiger charge is 2.20. The topological polar surface area (TPSA) is 77.6 Å². The van der Waals surface area contributed by atoms with Gasteiger partial charge in [0, 0.05) is 25.8 Å². The maximum Gasteiger partial charge on any atom is 0.183 e. The molecule has 0 amide bonds. The zero-order chi connectivity index (χ0) is 12.7. The highest BCUT2D eigenvalue weighted by Crippen LogP contribution is 2.13. The van der Waals surface area contributed by atoms with Gasteiger partial charge in [0.15, 0.2) is 6.29 Å². The molecule has 1 aromatic heterocycles. The number of nitrogens with two attached hydrogens (primary N) is 1. The summed E-state index contributed by atoms with van der Waals surface area (Å²) in [6.45, 7) is 4.70. The number of anilines is 1. The number of hydrogen-bond donors (Lipinski definition) is 2. The zero-order valence-corrected chi connectivity index (χ0v) is 10.3. The minimum Gasteiger partial charge on any atom is -0.387 e. The molecule has 0 spiro atoms. The fourth-order valence-electron chi connectivity index (χ4n) is 1.54. The molecule has 17 heavy (non-hydrogen) atoms. The molecule has 1 unspecified atom stereocenters. The lowest BCUT2D eigenvalue weighted by molar-refractivity contribution is -0.188. The Balaban J connectivity index is 2.62. The van der Waals surface area contributed by atoms with E-state index in [1.54, 1.807) is 12.3 Å². The fourth-order valence-corrected chi connectivity index (χ4v) is 1.54. The molecule has 0 aromatic carbocycles. The quantitative estimate of drug-likeness (QED) is 0.694. The van der Waals surface area contributed by atoms with E-state index in [0.29, 0.717) is 25.5 Å². The Morgan fingerprint density at radius 2 is 2.00 bits per heavy atom. The van der Waals surface area contributed by atoms with Crippen LogP contribution in [-0.2, 0) is 15.9 Å². The van der Waals surface area contributed by atoms with E-state index in [9.17, 15) is 5.11 Å². The Kier molecular flexibility index (Phi) is 5.90. The van der Waals surface area contributed by atoms with Crippen LogP contribution in [-0.4, -0.2) is 35.7 Å². The molecular formula is C12H20N2O3. The second-order valence-electron chi connectivity index (χ2n) is 3.60. The third-order valence-electron chi connectivity index (χ3n) is 2.33. The standard InChI is InChI=1S/C12H20N2O3/c1-3-16-12(17-4-2)10(15)8-9-6-5-7-14-11(9)13/h5-7,10,12,15H,3-4,8H2,1-2H3,(H2,13,14). The highest BCUT2D eigenvalue weighted by molar-refractivity contribution is 5.38. The van der Waals surface area contributed by atoms with Crippen LogP contribution in [0.1, 0.15) is 19.4 Å². The van der Waals surface area contributed by atoms with Gasteiger partial charge in [0.1, 0.15) is 11.9 Å². The molecule has 0 saturated carbocycles. The van der Waals surface area contributed by atoms with Crippen molar-refractivity contribution in [3.63, 3.8) is 0 Å². The van der Waals surface area contributed by atoms with Gasteiger partial charge in [0.25, 0.3) is 0 Å². The summed E-state index contributed by atoms with van der Waals surface area (Å²) in [5.74, 6) is 0.429. The van der Waals surface area contributed by atoms with E-state index in [1.807, 2.05) is 19.9 Å². The van der Waals surface area contributed by atoms with E-state index in [1.165, 1.54) is 0 Å². The molecule has 96 valence electrons. The van der Waals surface area contributed by atoms with Crippen molar-refractivity contribution in [1.82, 2.24) is 4.98 Å². The van der Waals surface area contributed by atoms with Crippen LogP contribution in [0.5, 0.6) is 0 Å². The van der Waals surface area contributed by atoms with Gasteiger partial charge in [-0.3, -0.25) is 0 Å². The molecule has 5 heteroatoms. The average Bonchev–Trinajstić information content (AvgIpc) is 2.32. The van der Waals surface area contributed by atoms with Crippen molar-refractivity contribution < 1.29 is 14.6 Å². The number of nitrogens with zero attached hydrogens (tertiary/aromatic N) is 1. The summed E-state index contributed by atoms with van der Waals surface area (Å²) < 4.78 is 10.6. The number of pyridine rings is 1. The van der Waals surface area contributed by atoms with Crippen molar-refractivity contribution in [3.05, 3.63) is 23.9 Å². The molecular weight excluding hydrogens is 220 g/mol. The summed E-state index contributed by atoms with van der Waals surface area (Å²) in [4.78, 5) is 3.97. The largest absolute Gasteiger partial charge is 0.387 e. The lowest BCUT2D eigenvalue weighted by atomic mass is 10.1. The van der Waals surface area contributed by atoms with Gasteiger partial charge in [0.2, 0.25) is 0 Å². The van der Waals surface area contributed by atoms with Gasteiger partial charge in [-0.05, 0) is 25.5 Å². The summed E-state index contributed by atoms with van der Waals surface area (Å²) in [5, 5.41) is 10.0. The average molecular weight is 240 g/mol. The van der Waals surface area contributed by atoms with E-state index in [2.05, 4.69) is 4.98 Å². The van der Waals surface area contributed by atoms with Crippen molar-refractivity contribution >= 4 is 5.82 Å². The number of nitrogen functional groups attached to an aromatic ring is 1. The van der Waals surface area contributed by atoms with Gasteiger partial charge in [-0.15, -0.1) is 0 Å². The first kappa shape index (κ1) is 13.9. The number of ether oxygens (including phenoxy) is 2. The van der Waals surface area contributed by atoms with Gasteiger partial charge in [0.05, 0.1) is 0 Å². The van der Waals surface area contributed by atoms with Crippen molar-refractivity contribution in [3.8, 4) is 0 Å². The first-order valence-corrected chi connectivity index (χ1v) is 5.79. The van der Waals surface area contributed by atoms with E-state index < -0.39 is 12.4 Å². The normalized spacial score (nSPS) is 12.9. The first-order chi connectivity index (χ1) is 8.19. The van der Waals surface area contributed by atoms with Crippen LogP contribution < -0.4 is 5.73 Å². The van der Waals surface area contributed by atoms with Gasteiger partial charge < -0.3 is 20.3 Å². The summed E-state index contributed by atoms with van der Waals surface area (Å²) in [6.07, 6.45) is 0.615. The maximum absolute atomic E-state index is 10.0. The molecule has 0 aliphatic heterocycles. The Morgan fingerprint density at radius 3 is 2.53 bits per heavy atom. The smallest absolute Gasteiger partial charge is 0.183 e. The Bertz CT molecular complexity index is 327. The van der Waals surface area contributed by atoms with Crippen LogP contribution >= 0.6 is 0 Å². The number of hydrogen-bond acceptors (Lipinski definition) is 5. The summed E-state index contributed by atoms with van der Waals surface area (Å²) >= 11 is 0. The van der Waals surface area contributed by atoms with Crippen molar-refractivity contribution in [1.29, 1.82) is 0 Å².